The van der Waals surface area contributed by atoms with Crippen molar-refractivity contribution in [1.82, 2.24) is 9.80 Å². The molecule has 0 saturated heterocycles. The predicted molar refractivity (Wildman–Crippen MR) is 82.2 cm³/mol. The Morgan fingerprint density at radius 1 is 1.25 bits per heavy atom. The lowest BCUT2D eigenvalue weighted by atomic mass is 10.1. The van der Waals surface area contributed by atoms with Gasteiger partial charge in [0.1, 0.15) is 11.3 Å². The van der Waals surface area contributed by atoms with Crippen molar-refractivity contribution in [2.45, 2.75) is 13.3 Å². The van der Waals surface area contributed by atoms with Crippen LogP contribution >= 0.6 is 0 Å². The Morgan fingerprint density at radius 3 is 2.50 bits per heavy atom. The number of likely N-dealkylation sites (N-methyl/N-ethyl adjacent to an activating group) is 1. The summed E-state index contributed by atoms with van der Waals surface area (Å²) in [5.41, 5.74) is 6.87. The van der Waals surface area contributed by atoms with E-state index in [1.165, 1.54) is 0 Å². The minimum absolute atomic E-state index is 0.0661. The largest absolute Gasteiger partial charge is 0.496 e. The van der Waals surface area contributed by atoms with E-state index in [1.807, 2.05) is 19.0 Å². The molecule has 0 fully saturated rings. The van der Waals surface area contributed by atoms with Gasteiger partial charge in [-0.05, 0) is 32.6 Å². The second-order valence-corrected chi connectivity index (χ2v) is 5.02. The average Bonchev–Trinajstić information content (AvgIpc) is 2.42. The lowest BCUT2D eigenvalue weighted by molar-refractivity contribution is 0.0742. The van der Waals surface area contributed by atoms with E-state index < -0.39 is 0 Å². The number of hydrogen-bond acceptors (Lipinski definition) is 4. The number of rotatable bonds is 7. The lowest BCUT2D eigenvalue weighted by Gasteiger charge is -2.25. The number of ether oxygens (including phenoxy) is 1. The molecule has 0 saturated carbocycles. The predicted octanol–water partition coefficient (Wildman–Crippen LogP) is 1.69. The maximum atomic E-state index is 12.7. The van der Waals surface area contributed by atoms with Gasteiger partial charge >= 0.3 is 0 Å². The van der Waals surface area contributed by atoms with Gasteiger partial charge in [0.05, 0.1) is 7.11 Å². The van der Waals surface area contributed by atoms with Crippen molar-refractivity contribution in [1.29, 1.82) is 0 Å². The van der Waals surface area contributed by atoms with Crippen LogP contribution in [-0.4, -0.2) is 56.5 Å². The zero-order valence-electron chi connectivity index (χ0n) is 12.8. The van der Waals surface area contributed by atoms with Crippen LogP contribution in [0.15, 0.2) is 18.2 Å². The molecule has 0 unspecified atom stereocenters. The van der Waals surface area contributed by atoms with Gasteiger partial charge < -0.3 is 20.3 Å². The highest BCUT2D eigenvalue weighted by atomic mass is 16.5. The third-order valence-electron chi connectivity index (χ3n) is 3.09. The first-order valence-electron chi connectivity index (χ1n) is 6.87. The van der Waals surface area contributed by atoms with E-state index in [0.29, 0.717) is 30.1 Å². The van der Waals surface area contributed by atoms with Crippen LogP contribution in [0.5, 0.6) is 5.75 Å². The van der Waals surface area contributed by atoms with Gasteiger partial charge in [0.25, 0.3) is 5.91 Å². The molecule has 0 spiro atoms. The van der Waals surface area contributed by atoms with Crippen molar-refractivity contribution < 1.29 is 9.53 Å². The molecule has 1 aromatic carbocycles. The van der Waals surface area contributed by atoms with Crippen LogP contribution in [0, 0.1) is 0 Å². The molecule has 1 aromatic rings. The van der Waals surface area contributed by atoms with Crippen molar-refractivity contribution in [2.24, 2.45) is 0 Å². The van der Waals surface area contributed by atoms with Crippen LogP contribution < -0.4 is 10.5 Å². The quantitative estimate of drug-likeness (QED) is 0.772. The molecule has 0 aliphatic rings. The first-order valence-corrected chi connectivity index (χ1v) is 6.87. The third-order valence-corrected chi connectivity index (χ3v) is 3.09. The highest BCUT2D eigenvalue weighted by molar-refractivity contribution is 6.01. The second-order valence-electron chi connectivity index (χ2n) is 5.02. The Morgan fingerprint density at radius 2 is 1.95 bits per heavy atom. The fourth-order valence-corrected chi connectivity index (χ4v) is 2.01. The number of nitrogens with zero attached hydrogens (tertiary/aromatic N) is 2. The van der Waals surface area contributed by atoms with Gasteiger partial charge in [0.2, 0.25) is 0 Å². The van der Waals surface area contributed by atoms with Gasteiger partial charge in [-0.3, -0.25) is 4.79 Å². The van der Waals surface area contributed by atoms with Crippen LogP contribution in [-0.2, 0) is 0 Å². The van der Waals surface area contributed by atoms with Crippen LogP contribution in [0.3, 0.4) is 0 Å². The molecule has 0 aliphatic heterocycles. The van der Waals surface area contributed by atoms with E-state index in [1.54, 1.807) is 25.3 Å². The van der Waals surface area contributed by atoms with E-state index in [-0.39, 0.29) is 5.91 Å². The summed E-state index contributed by atoms with van der Waals surface area (Å²) in [4.78, 5) is 16.6. The molecule has 112 valence electrons. The number of methoxy groups -OCH3 is 1. The Bertz CT molecular complexity index is 447. The van der Waals surface area contributed by atoms with Gasteiger partial charge in [0.15, 0.2) is 0 Å². The minimum Gasteiger partial charge on any atom is -0.496 e. The number of hydrogen-bond donors (Lipinski definition) is 1. The first-order chi connectivity index (χ1) is 9.51. The summed E-state index contributed by atoms with van der Waals surface area (Å²) < 4.78 is 5.26. The van der Waals surface area contributed by atoms with Crippen LogP contribution in [0.25, 0.3) is 0 Å². The summed E-state index contributed by atoms with van der Waals surface area (Å²) in [5.74, 6) is 0.463. The molecule has 1 amide bonds. The number of carbonyl (C=O) groups excluding carboxylic acids is 1. The monoisotopic (exact) mass is 279 g/mol. The Balaban J connectivity index is 2.99. The molecule has 0 radical (unpaired) electrons. The molecular formula is C15H25N3O2. The molecule has 0 aliphatic carbocycles. The second kappa shape index (κ2) is 7.75. The van der Waals surface area contributed by atoms with Gasteiger partial charge in [-0.1, -0.05) is 13.0 Å². The summed E-state index contributed by atoms with van der Waals surface area (Å²) in [6, 6.07) is 5.28. The zero-order valence-corrected chi connectivity index (χ0v) is 12.8. The lowest BCUT2D eigenvalue weighted by Crippen LogP contribution is -2.37. The number of benzene rings is 1. The van der Waals surface area contributed by atoms with E-state index in [4.69, 9.17) is 10.5 Å². The Labute approximate surface area is 121 Å². The fraction of sp³-hybridized carbons (Fsp3) is 0.533. The molecule has 1 rings (SSSR count). The summed E-state index contributed by atoms with van der Waals surface area (Å²) in [7, 11) is 5.54. The molecule has 5 nitrogen and oxygen atoms in total. The number of amides is 1. The topological polar surface area (TPSA) is 58.8 Å². The number of carbonyl (C=O) groups is 1. The summed E-state index contributed by atoms with van der Waals surface area (Å²) in [6.45, 7) is 4.27. The molecule has 20 heavy (non-hydrogen) atoms. The van der Waals surface area contributed by atoms with Gasteiger partial charge in [0, 0.05) is 25.3 Å². The number of nitrogens with two attached hydrogens (primary N) is 1. The normalized spacial score (nSPS) is 10.7. The first kappa shape index (κ1) is 16.3. The fourth-order valence-electron chi connectivity index (χ4n) is 2.01. The van der Waals surface area contributed by atoms with Crippen molar-refractivity contribution in [3.05, 3.63) is 23.8 Å². The molecule has 5 heteroatoms. The van der Waals surface area contributed by atoms with E-state index in [9.17, 15) is 4.79 Å². The standard InChI is InChI=1S/C15H25N3O2/c1-5-9-18(11-10-17(2)3)15(19)14-12(16)7-6-8-13(14)20-4/h6-8H,5,9-11,16H2,1-4H3. The summed E-state index contributed by atoms with van der Waals surface area (Å²) in [6.07, 6.45) is 0.911. The Hall–Kier alpha value is -1.75. The van der Waals surface area contributed by atoms with E-state index in [2.05, 4.69) is 11.8 Å². The molecule has 0 heterocycles. The average molecular weight is 279 g/mol. The minimum atomic E-state index is -0.0661. The molecular weight excluding hydrogens is 254 g/mol. The van der Waals surface area contributed by atoms with E-state index >= 15 is 0 Å². The van der Waals surface area contributed by atoms with Crippen molar-refractivity contribution >= 4 is 11.6 Å². The Kier molecular flexibility index (Phi) is 6.31. The molecule has 2 N–H and O–H groups in total. The maximum Gasteiger partial charge on any atom is 0.259 e. The number of nitrogen functional groups attached to an aromatic ring is 1. The van der Waals surface area contributed by atoms with Crippen molar-refractivity contribution in [2.75, 3.05) is 46.6 Å². The highest BCUT2D eigenvalue weighted by Gasteiger charge is 2.21. The van der Waals surface area contributed by atoms with Crippen LogP contribution in [0.2, 0.25) is 0 Å². The summed E-state index contributed by atoms with van der Waals surface area (Å²) >= 11 is 0. The SMILES string of the molecule is CCCN(CCN(C)C)C(=O)c1c(N)cccc1OC. The highest BCUT2D eigenvalue weighted by Crippen LogP contribution is 2.25. The van der Waals surface area contributed by atoms with Crippen molar-refractivity contribution in [3.8, 4) is 5.75 Å². The zero-order chi connectivity index (χ0) is 15.1. The smallest absolute Gasteiger partial charge is 0.259 e. The molecule has 0 aromatic heterocycles. The summed E-state index contributed by atoms with van der Waals surface area (Å²) in [5, 5.41) is 0. The van der Waals surface area contributed by atoms with Crippen LogP contribution in [0.4, 0.5) is 5.69 Å². The number of anilines is 1. The molecule has 0 bridgehead atoms. The maximum absolute atomic E-state index is 12.7. The van der Waals surface area contributed by atoms with Crippen molar-refractivity contribution in [3.63, 3.8) is 0 Å². The van der Waals surface area contributed by atoms with Gasteiger partial charge in [-0.15, -0.1) is 0 Å². The molecule has 0 atom stereocenters. The van der Waals surface area contributed by atoms with E-state index in [0.717, 1.165) is 13.0 Å². The van der Waals surface area contributed by atoms with Crippen LogP contribution in [0.1, 0.15) is 23.7 Å². The van der Waals surface area contributed by atoms with Gasteiger partial charge in [-0.25, -0.2) is 0 Å². The van der Waals surface area contributed by atoms with Gasteiger partial charge in [-0.2, -0.15) is 0 Å². The third kappa shape index (κ3) is 4.13.